The van der Waals surface area contributed by atoms with E-state index < -0.39 is 31.3 Å². The van der Waals surface area contributed by atoms with Gasteiger partial charge in [-0.3, -0.25) is 4.79 Å². The molecule has 1 aliphatic rings. The van der Waals surface area contributed by atoms with Crippen LogP contribution in [0.4, 0.5) is 18.0 Å². The van der Waals surface area contributed by atoms with Crippen LogP contribution in [-0.4, -0.2) is 59.3 Å². The summed E-state index contributed by atoms with van der Waals surface area (Å²) in [6, 6.07) is -0.896. The van der Waals surface area contributed by atoms with E-state index in [9.17, 15) is 22.8 Å². The molecule has 0 aromatic rings. The number of rotatable bonds is 3. The summed E-state index contributed by atoms with van der Waals surface area (Å²) >= 11 is 0. The molecular formula is C11H15F3N2O3. The van der Waals surface area contributed by atoms with Gasteiger partial charge in [-0.25, -0.2) is 4.79 Å². The van der Waals surface area contributed by atoms with Crippen molar-refractivity contribution in [1.82, 2.24) is 9.80 Å². The standard InChI is InChI=1S/C11H15F3N2O3/c1-8-3-2-4-15(5-8)10(19)16(6-9(17)18)7-11(12,13)14/h3H,2,4-7H2,1H3,(H,17,18). The number of carboxylic acid groups (broad SMARTS) is 1. The summed E-state index contributed by atoms with van der Waals surface area (Å²) in [4.78, 5) is 24.0. The summed E-state index contributed by atoms with van der Waals surface area (Å²) in [5.41, 5.74) is 0.877. The van der Waals surface area contributed by atoms with Crippen molar-refractivity contribution >= 4 is 12.0 Å². The van der Waals surface area contributed by atoms with Crippen LogP contribution in [-0.2, 0) is 4.79 Å². The fourth-order valence-electron chi connectivity index (χ4n) is 1.85. The predicted octanol–water partition coefficient (Wildman–Crippen LogP) is 1.71. The van der Waals surface area contributed by atoms with Crippen molar-refractivity contribution in [2.75, 3.05) is 26.2 Å². The smallest absolute Gasteiger partial charge is 0.406 e. The Morgan fingerprint density at radius 1 is 1.47 bits per heavy atom. The van der Waals surface area contributed by atoms with E-state index in [0.29, 0.717) is 17.9 Å². The van der Waals surface area contributed by atoms with E-state index in [4.69, 9.17) is 5.11 Å². The van der Waals surface area contributed by atoms with Gasteiger partial charge in [-0.15, -0.1) is 0 Å². The van der Waals surface area contributed by atoms with Crippen LogP contribution in [0, 0.1) is 0 Å². The highest BCUT2D eigenvalue weighted by Gasteiger charge is 2.35. The number of hydrogen-bond acceptors (Lipinski definition) is 2. The SMILES string of the molecule is CC1=CCCN(C(=O)N(CC(=O)O)CC(F)(F)F)C1. The molecule has 0 atom stereocenters. The van der Waals surface area contributed by atoms with Gasteiger partial charge in [0.2, 0.25) is 0 Å². The largest absolute Gasteiger partial charge is 0.480 e. The summed E-state index contributed by atoms with van der Waals surface area (Å²) in [6.07, 6.45) is -2.16. The van der Waals surface area contributed by atoms with Crippen molar-refractivity contribution in [3.05, 3.63) is 11.6 Å². The van der Waals surface area contributed by atoms with Gasteiger partial charge in [0, 0.05) is 13.1 Å². The van der Waals surface area contributed by atoms with Crippen LogP contribution < -0.4 is 0 Å². The van der Waals surface area contributed by atoms with Crippen LogP contribution in [0.2, 0.25) is 0 Å². The van der Waals surface area contributed by atoms with Crippen LogP contribution in [0.15, 0.2) is 11.6 Å². The average molecular weight is 280 g/mol. The minimum absolute atomic E-state index is 0.229. The van der Waals surface area contributed by atoms with E-state index in [1.807, 2.05) is 6.08 Å². The quantitative estimate of drug-likeness (QED) is 0.800. The molecule has 1 heterocycles. The lowest BCUT2D eigenvalue weighted by atomic mass is 10.1. The van der Waals surface area contributed by atoms with E-state index in [-0.39, 0.29) is 6.54 Å². The molecule has 0 aliphatic carbocycles. The first-order valence-electron chi connectivity index (χ1n) is 5.67. The maximum atomic E-state index is 12.3. The predicted molar refractivity (Wildman–Crippen MR) is 60.6 cm³/mol. The Labute approximate surface area is 108 Å². The lowest BCUT2D eigenvalue weighted by Crippen LogP contribution is -2.50. The third-order valence-electron chi connectivity index (χ3n) is 2.57. The molecule has 0 aromatic heterocycles. The van der Waals surface area contributed by atoms with Gasteiger partial charge in [-0.2, -0.15) is 13.2 Å². The second kappa shape index (κ2) is 5.94. The number of hydrogen-bond donors (Lipinski definition) is 1. The van der Waals surface area contributed by atoms with Gasteiger partial charge in [0.05, 0.1) is 0 Å². The highest BCUT2D eigenvalue weighted by Crippen LogP contribution is 2.18. The molecule has 1 aliphatic heterocycles. The fraction of sp³-hybridized carbons (Fsp3) is 0.636. The first-order valence-corrected chi connectivity index (χ1v) is 5.67. The first kappa shape index (κ1) is 15.3. The molecule has 1 N–H and O–H groups in total. The first-order chi connectivity index (χ1) is 8.69. The summed E-state index contributed by atoms with van der Waals surface area (Å²) in [7, 11) is 0. The summed E-state index contributed by atoms with van der Waals surface area (Å²) < 4.78 is 37.0. The van der Waals surface area contributed by atoms with Crippen molar-refractivity contribution in [3.8, 4) is 0 Å². The molecule has 5 nitrogen and oxygen atoms in total. The van der Waals surface area contributed by atoms with E-state index in [1.54, 1.807) is 6.92 Å². The van der Waals surface area contributed by atoms with Crippen molar-refractivity contribution in [2.45, 2.75) is 19.5 Å². The van der Waals surface area contributed by atoms with Crippen LogP contribution in [0.5, 0.6) is 0 Å². The van der Waals surface area contributed by atoms with Gasteiger partial charge < -0.3 is 14.9 Å². The van der Waals surface area contributed by atoms with Crippen molar-refractivity contribution < 1.29 is 27.9 Å². The molecule has 0 aromatic carbocycles. The summed E-state index contributed by atoms with van der Waals surface area (Å²) in [5, 5.41) is 8.59. The van der Waals surface area contributed by atoms with Crippen molar-refractivity contribution in [2.24, 2.45) is 0 Å². The molecule has 0 unspecified atom stereocenters. The number of carbonyl (C=O) groups excluding carboxylic acids is 1. The third kappa shape index (κ3) is 5.19. The topological polar surface area (TPSA) is 60.9 Å². The number of nitrogens with zero attached hydrogens (tertiary/aromatic N) is 2. The Morgan fingerprint density at radius 3 is 2.58 bits per heavy atom. The fourth-order valence-corrected chi connectivity index (χ4v) is 1.85. The van der Waals surface area contributed by atoms with Gasteiger partial charge in [0.1, 0.15) is 13.1 Å². The summed E-state index contributed by atoms with van der Waals surface area (Å²) in [5.74, 6) is -1.47. The minimum atomic E-state index is -4.62. The molecule has 0 bridgehead atoms. The van der Waals surface area contributed by atoms with Gasteiger partial charge in [-0.1, -0.05) is 11.6 Å². The Bertz CT molecular complexity index is 393. The molecule has 8 heteroatoms. The molecule has 0 saturated heterocycles. The Morgan fingerprint density at radius 2 is 2.11 bits per heavy atom. The molecule has 108 valence electrons. The zero-order valence-corrected chi connectivity index (χ0v) is 10.4. The normalized spacial score (nSPS) is 16.0. The maximum absolute atomic E-state index is 12.3. The molecule has 19 heavy (non-hydrogen) atoms. The number of amides is 2. The number of urea groups is 1. The zero-order valence-electron chi connectivity index (χ0n) is 10.4. The molecule has 0 fully saturated rings. The van der Waals surface area contributed by atoms with Gasteiger partial charge in [-0.05, 0) is 13.3 Å². The van der Waals surface area contributed by atoms with E-state index in [2.05, 4.69) is 0 Å². The van der Waals surface area contributed by atoms with E-state index in [0.717, 1.165) is 5.57 Å². The number of carbonyl (C=O) groups is 2. The second-order valence-corrected chi connectivity index (χ2v) is 4.41. The van der Waals surface area contributed by atoms with Crippen LogP contribution in [0.25, 0.3) is 0 Å². The molecule has 0 saturated carbocycles. The van der Waals surface area contributed by atoms with E-state index >= 15 is 0 Å². The number of aliphatic carboxylic acids is 1. The van der Waals surface area contributed by atoms with E-state index in [1.165, 1.54) is 4.90 Å². The van der Waals surface area contributed by atoms with Gasteiger partial charge in [0.15, 0.2) is 0 Å². The Hall–Kier alpha value is -1.73. The van der Waals surface area contributed by atoms with Gasteiger partial charge >= 0.3 is 18.2 Å². The van der Waals surface area contributed by atoms with Crippen molar-refractivity contribution in [3.63, 3.8) is 0 Å². The highest BCUT2D eigenvalue weighted by atomic mass is 19.4. The molecule has 1 rings (SSSR count). The van der Waals surface area contributed by atoms with Crippen molar-refractivity contribution in [1.29, 1.82) is 0 Å². The monoisotopic (exact) mass is 280 g/mol. The number of halogens is 3. The second-order valence-electron chi connectivity index (χ2n) is 4.41. The molecule has 2 amide bonds. The van der Waals surface area contributed by atoms with Crippen LogP contribution >= 0.6 is 0 Å². The van der Waals surface area contributed by atoms with Crippen LogP contribution in [0.3, 0.4) is 0 Å². The lowest BCUT2D eigenvalue weighted by Gasteiger charge is -2.32. The maximum Gasteiger partial charge on any atom is 0.406 e. The third-order valence-corrected chi connectivity index (χ3v) is 2.57. The Kier molecular flexibility index (Phi) is 4.79. The average Bonchev–Trinajstić information content (AvgIpc) is 2.24. The molecule has 0 radical (unpaired) electrons. The number of carboxylic acids is 1. The summed E-state index contributed by atoms with van der Waals surface area (Å²) in [6.45, 7) is -0.226. The minimum Gasteiger partial charge on any atom is -0.480 e. The zero-order chi connectivity index (χ0) is 14.6. The molecular weight excluding hydrogens is 265 g/mol. The lowest BCUT2D eigenvalue weighted by molar-refractivity contribution is -0.149. The van der Waals surface area contributed by atoms with Gasteiger partial charge in [0.25, 0.3) is 0 Å². The van der Waals surface area contributed by atoms with Crippen LogP contribution in [0.1, 0.15) is 13.3 Å². The molecule has 0 spiro atoms. The number of alkyl halides is 3. The Balaban J connectivity index is 2.76. The highest BCUT2D eigenvalue weighted by molar-refractivity contribution is 5.80.